The number of amides is 1. The van der Waals surface area contributed by atoms with Gasteiger partial charge >= 0.3 is 0 Å². The summed E-state index contributed by atoms with van der Waals surface area (Å²) in [4.78, 5) is 15.7. The van der Waals surface area contributed by atoms with Crippen molar-refractivity contribution in [3.63, 3.8) is 0 Å². The maximum absolute atomic E-state index is 13.2. The number of hydrogen-bond donors (Lipinski definition) is 1. The molecule has 0 aromatic heterocycles. The summed E-state index contributed by atoms with van der Waals surface area (Å²) in [6, 6.07) is 20.7. The second-order valence-electron chi connectivity index (χ2n) is 8.62. The molecule has 1 fully saturated rings. The molecule has 0 saturated carbocycles. The smallest absolute Gasteiger partial charge is 0.255 e. The van der Waals surface area contributed by atoms with Crippen LogP contribution in [0.3, 0.4) is 0 Å². The van der Waals surface area contributed by atoms with Crippen molar-refractivity contribution in [2.75, 3.05) is 26.7 Å². The van der Waals surface area contributed by atoms with Crippen molar-refractivity contribution in [1.82, 2.24) is 10.2 Å². The van der Waals surface area contributed by atoms with Crippen LogP contribution in [0, 0.1) is 0 Å². The summed E-state index contributed by atoms with van der Waals surface area (Å²) in [5.41, 5.74) is 2.45. The maximum atomic E-state index is 13.2. The predicted octanol–water partition coefficient (Wildman–Crippen LogP) is 6.54. The molecular formula is C28H30Cl2N2O3. The zero-order valence-electron chi connectivity index (χ0n) is 19.8. The molecule has 0 radical (unpaired) electrons. The highest BCUT2D eigenvalue weighted by Gasteiger charge is 2.24. The van der Waals surface area contributed by atoms with Crippen LogP contribution in [-0.4, -0.2) is 37.6 Å². The van der Waals surface area contributed by atoms with E-state index in [0.717, 1.165) is 30.0 Å². The molecule has 1 heterocycles. The van der Waals surface area contributed by atoms with Crippen molar-refractivity contribution in [3.8, 4) is 11.5 Å². The fraction of sp³-hybridized carbons (Fsp3) is 0.321. The highest BCUT2D eigenvalue weighted by Crippen LogP contribution is 2.27. The van der Waals surface area contributed by atoms with E-state index in [2.05, 4.69) is 22.3 Å². The Morgan fingerprint density at radius 3 is 2.46 bits per heavy atom. The lowest BCUT2D eigenvalue weighted by Gasteiger charge is -2.35. The normalized spacial score (nSPS) is 14.8. The quantitative estimate of drug-likeness (QED) is 0.353. The number of carbonyl (C=O) groups excluding carboxylic acids is 1. The monoisotopic (exact) mass is 512 g/mol. The standard InChI is InChI=1S/C28H30Cl2N2O3/c1-34-23-13-10-20(11-14-23)26(32-15-5-2-6-16-32)18-31-28(33)24-7-3-4-8-27(24)35-19-21-9-12-22(29)17-25(21)30/h3-4,7-14,17,26H,2,5-6,15-16,18-19H2,1H3,(H,31,33)/t26-/m1/s1. The average molecular weight is 513 g/mol. The topological polar surface area (TPSA) is 50.8 Å². The van der Waals surface area contributed by atoms with E-state index in [0.29, 0.717) is 27.9 Å². The van der Waals surface area contributed by atoms with Crippen molar-refractivity contribution in [2.24, 2.45) is 0 Å². The number of hydrogen-bond acceptors (Lipinski definition) is 4. The molecule has 1 aliphatic rings. The third-order valence-corrected chi connectivity index (χ3v) is 6.90. The van der Waals surface area contributed by atoms with Gasteiger partial charge in [0.2, 0.25) is 0 Å². The molecule has 0 spiro atoms. The average Bonchev–Trinajstić information content (AvgIpc) is 2.89. The van der Waals surface area contributed by atoms with Crippen LogP contribution in [-0.2, 0) is 6.61 Å². The van der Waals surface area contributed by atoms with E-state index in [1.807, 2.05) is 30.3 Å². The second kappa shape index (κ2) is 12.3. The van der Waals surface area contributed by atoms with Crippen molar-refractivity contribution in [1.29, 1.82) is 0 Å². The van der Waals surface area contributed by atoms with Crippen LogP contribution in [0.1, 0.15) is 46.8 Å². The van der Waals surface area contributed by atoms with Crippen LogP contribution >= 0.6 is 23.2 Å². The number of nitrogens with one attached hydrogen (secondary N) is 1. The van der Waals surface area contributed by atoms with E-state index in [-0.39, 0.29) is 18.6 Å². The van der Waals surface area contributed by atoms with Gasteiger partial charge in [-0.1, -0.05) is 60.0 Å². The first-order valence-corrected chi connectivity index (χ1v) is 12.6. The van der Waals surface area contributed by atoms with Gasteiger partial charge in [0.15, 0.2) is 0 Å². The Kier molecular flexibility index (Phi) is 8.91. The summed E-state index contributed by atoms with van der Waals surface area (Å²) in [6.07, 6.45) is 3.59. The first kappa shape index (κ1) is 25.4. The van der Waals surface area contributed by atoms with Gasteiger partial charge in [-0.05, 0) is 67.9 Å². The molecule has 0 aliphatic carbocycles. The molecule has 184 valence electrons. The van der Waals surface area contributed by atoms with Gasteiger partial charge < -0.3 is 14.8 Å². The van der Waals surface area contributed by atoms with E-state index in [9.17, 15) is 4.79 Å². The molecule has 1 aliphatic heterocycles. The van der Waals surface area contributed by atoms with Crippen LogP contribution in [0.4, 0.5) is 0 Å². The second-order valence-corrected chi connectivity index (χ2v) is 9.46. The number of nitrogens with zero attached hydrogens (tertiary/aromatic N) is 1. The fourth-order valence-electron chi connectivity index (χ4n) is 4.37. The zero-order chi connectivity index (χ0) is 24.6. The van der Waals surface area contributed by atoms with E-state index >= 15 is 0 Å². The molecule has 3 aromatic carbocycles. The molecule has 0 unspecified atom stereocenters. The van der Waals surface area contributed by atoms with E-state index in [4.69, 9.17) is 32.7 Å². The first-order valence-electron chi connectivity index (χ1n) is 11.9. The first-order chi connectivity index (χ1) is 17.0. The Bertz CT molecular complexity index is 1130. The molecule has 4 rings (SSSR count). The Morgan fingerprint density at radius 2 is 1.74 bits per heavy atom. The Morgan fingerprint density at radius 1 is 1.00 bits per heavy atom. The van der Waals surface area contributed by atoms with Gasteiger partial charge in [0, 0.05) is 22.2 Å². The summed E-state index contributed by atoms with van der Waals surface area (Å²) in [6.45, 7) is 2.79. The van der Waals surface area contributed by atoms with E-state index < -0.39 is 0 Å². The number of methoxy groups -OCH3 is 1. The largest absolute Gasteiger partial charge is 0.497 e. The van der Waals surface area contributed by atoms with Crippen LogP contribution in [0.25, 0.3) is 0 Å². The van der Waals surface area contributed by atoms with Gasteiger partial charge in [0.25, 0.3) is 5.91 Å². The molecule has 1 N–H and O–H groups in total. The number of rotatable bonds is 9. The van der Waals surface area contributed by atoms with Gasteiger partial charge in [0.1, 0.15) is 18.1 Å². The number of benzene rings is 3. The Hall–Kier alpha value is -2.73. The molecule has 1 atom stereocenters. The Balaban J connectivity index is 1.46. The molecule has 5 nitrogen and oxygen atoms in total. The Labute approximate surface area is 216 Å². The number of likely N-dealkylation sites (tertiary alicyclic amines) is 1. The summed E-state index contributed by atoms with van der Waals surface area (Å²) in [5.74, 6) is 1.16. The molecule has 1 saturated heterocycles. The molecule has 0 bridgehead atoms. The van der Waals surface area contributed by atoms with Crippen molar-refractivity contribution in [3.05, 3.63) is 93.5 Å². The molecule has 3 aromatic rings. The van der Waals surface area contributed by atoms with E-state index in [1.165, 1.54) is 19.3 Å². The molecule has 7 heteroatoms. The number of carbonyl (C=O) groups is 1. The highest BCUT2D eigenvalue weighted by molar-refractivity contribution is 6.35. The summed E-state index contributed by atoms with van der Waals surface area (Å²) in [5, 5.41) is 4.24. The molecule has 35 heavy (non-hydrogen) atoms. The zero-order valence-corrected chi connectivity index (χ0v) is 21.3. The predicted molar refractivity (Wildman–Crippen MR) is 141 cm³/mol. The highest BCUT2D eigenvalue weighted by atomic mass is 35.5. The third-order valence-electron chi connectivity index (χ3n) is 6.32. The van der Waals surface area contributed by atoms with Crippen molar-refractivity contribution >= 4 is 29.1 Å². The summed E-state index contributed by atoms with van der Waals surface area (Å²) >= 11 is 12.3. The number of ether oxygens (including phenoxy) is 2. The summed E-state index contributed by atoms with van der Waals surface area (Å²) in [7, 11) is 1.66. The van der Waals surface area contributed by atoms with Crippen molar-refractivity contribution < 1.29 is 14.3 Å². The number of halogens is 2. The van der Waals surface area contributed by atoms with Crippen LogP contribution in [0.5, 0.6) is 11.5 Å². The van der Waals surface area contributed by atoms with Crippen LogP contribution < -0.4 is 14.8 Å². The molecular weight excluding hydrogens is 483 g/mol. The fourth-order valence-corrected chi connectivity index (χ4v) is 4.84. The maximum Gasteiger partial charge on any atom is 0.255 e. The van der Waals surface area contributed by atoms with Crippen molar-refractivity contribution in [2.45, 2.75) is 31.9 Å². The van der Waals surface area contributed by atoms with Gasteiger partial charge in [-0.25, -0.2) is 0 Å². The minimum absolute atomic E-state index is 0.0890. The summed E-state index contributed by atoms with van der Waals surface area (Å²) < 4.78 is 11.3. The van der Waals surface area contributed by atoms with Crippen LogP contribution in [0.2, 0.25) is 10.0 Å². The van der Waals surface area contributed by atoms with Crippen LogP contribution in [0.15, 0.2) is 66.7 Å². The number of piperidine rings is 1. The van der Waals surface area contributed by atoms with Gasteiger partial charge in [-0.15, -0.1) is 0 Å². The SMILES string of the molecule is COc1ccc([C@@H](CNC(=O)c2ccccc2OCc2ccc(Cl)cc2Cl)N2CCCCC2)cc1. The molecule has 1 amide bonds. The van der Waals surface area contributed by atoms with Gasteiger partial charge in [-0.2, -0.15) is 0 Å². The third kappa shape index (κ3) is 6.69. The number of para-hydroxylation sites is 1. The lowest BCUT2D eigenvalue weighted by atomic mass is 10.0. The van der Waals surface area contributed by atoms with Gasteiger partial charge in [-0.3, -0.25) is 9.69 Å². The lowest BCUT2D eigenvalue weighted by molar-refractivity contribution is 0.0920. The lowest BCUT2D eigenvalue weighted by Crippen LogP contribution is -2.40. The minimum Gasteiger partial charge on any atom is -0.497 e. The van der Waals surface area contributed by atoms with Gasteiger partial charge in [0.05, 0.1) is 18.7 Å². The van der Waals surface area contributed by atoms with E-state index in [1.54, 1.807) is 31.4 Å². The minimum atomic E-state index is -0.168.